The summed E-state index contributed by atoms with van der Waals surface area (Å²) in [5.41, 5.74) is 1.71. The Hall–Kier alpha value is -2.26. The predicted molar refractivity (Wildman–Crippen MR) is 120 cm³/mol. The summed E-state index contributed by atoms with van der Waals surface area (Å²) in [6.07, 6.45) is 2.49. The van der Waals surface area contributed by atoms with Crippen LogP contribution in [0.4, 0.5) is 4.79 Å². The fraction of sp³-hybridized carbons (Fsp3) is 0.524. The first-order valence-corrected chi connectivity index (χ1v) is 10.7. The van der Waals surface area contributed by atoms with Gasteiger partial charge >= 0.3 is 6.09 Å². The van der Waals surface area contributed by atoms with E-state index in [1.165, 1.54) is 4.90 Å². The van der Waals surface area contributed by atoms with Crippen LogP contribution in [0.5, 0.6) is 0 Å². The predicted octanol–water partition coefficient (Wildman–Crippen LogP) is 4.84. The Labute approximate surface area is 184 Å². The topological polar surface area (TPSA) is 93.4 Å². The number of fused-ring (bicyclic) bond motifs is 3. The van der Waals surface area contributed by atoms with Crippen molar-refractivity contribution in [2.75, 3.05) is 6.61 Å². The number of imidazole rings is 1. The molecule has 0 spiro atoms. The van der Waals surface area contributed by atoms with Crippen LogP contribution in [0.25, 0.3) is 22.1 Å². The van der Waals surface area contributed by atoms with Crippen LogP contribution in [0.2, 0.25) is 0 Å². The van der Waals surface area contributed by atoms with E-state index >= 15 is 0 Å². The number of halogens is 1. The van der Waals surface area contributed by atoms with Gasteiger partial charge in [0.05, 0.1) is 22.8 Å². The van der Waals surface area contributed by atoms with Gasteiger partial charge in [0.2, 0.25) is 0 Å². The van der Waals surface area contributed by atoms with Crippen LogP contribution in [0.1, 0.15) is 47.4 Å². The van der Waals surface area contributed by atoms with Gasteiger partial charge in [-0.25, -0.2) is 9.78 Å². The van der Waals surface area contributed by atoms with Gasteiger partial charge in [0.25, 0.3) is 0 Å². The first kappa shape index (κ1) is 22.4. The highest BCUT2D eigenvalue weighted by atomic mass is 79.9. The maximum Gasteiger partial charge on any atom is 0.408 e. The summed E-state index contributed by atoms with van der Waals surface area (Å²) in [5, 5.41) is 9.95. The Morgan fingerprint density at radius 1 is 1.20 bits per heavy atom. The van der Waals surface area contributed by atoms with E-state index in [1.54, 1.807) is 12.4 Å². The van der Waals surface area contributed by atoms with Crippen molar-refractivity contribution in [1.82, 2.24) is 24.4 Å². The van der Waals surface area contributed by atoms with Gasteiger partial charge in [-0.1, -0.05) is 0 Å². The molecular formula is C21H28BrN5O3. The molecule has 3 rings (SSSR count). The van der Waals surface area contributed by atoms with E-state index in [1.807, 2.05) is 52.2 Å². The highest BCUT2D eigenvalue weighted by Gasteiger charge is 2.40. The first-order chi connectivity index (χ1) is 14.0. The van der Waals surface area contributed by atoms with E-state index in [4.69, 9.17) is 9.72 Å². The first-order valence-electron chi connectivity index (χ1n) is 9.86. The van der Waals surface area contributed by atoms with E-state index in [0.717, 1.165) is 26.8 Å². The summed E-state index contributed by atoms with van der Waals surface area (Å²) in [6, 6.07) is 1.91. The highest BCUT2D eigenvalue weighted by molar-refractivity contribution is 9.10. The second-order valence-corrected chi connectivity index (χ2v) is 9.78. The van der Waals surface area contributed by atoms with Crippen LogP contribution in [0.15, 0.2) is 22.9 Å². The minimum atomic E-state index is -0.961. The number of aromatic nitrogens is 4. The van der Waals surface area contributed by atoms with Crippen LogP contribution in [0.3, 0.4) is 0 Å². The normalized spacial score (nSPS) is 12.6. The number of ether oxygens (including phenoxy) is 1. The number of pyridine rings is 2. The lowest BCUT2D eigenvalue weighted by Gasteiger charge is -2.45. The average Bonchev–Trinajstić information content (AvgIpc) is 2.94. The Morgan fingerprint density at radius 2 is 1.90 bits per heavy atom. The van der Waals surface area contributed by atoms with Gasteiger partial charge in [-0.15, -0.1) is 0 Å². The zero-order chi connectivity index (χ0) is 22.3. The van der Waals surface area contributed by atoms with Crippen LogP contribution in [-0.4, -0.2) is 53.3 Å². The maximum atomic E-state index is 12.1. The minimum Gasteiger partial charge on any atom is -0.465 e. The summed E-state index contributed by atoms with van der Waals surface area (Å²) in [7, 11) is 0. The Morgan fingerprint density at radius 3 is 2.50 bits per heavy atom. The number of hydrogen-bond donors (Lipinski definition) is 1. The summed E-state index contributed by atoms with van der Waals surface area (Å²) in [6.45, 7) is 12.7. The molecule has 0 aliphatic heterocycles. The molecule has 1 N–H and O–H groups in total. The lowest BCUT2D eigenvalue weighted by atomic mass is 9.94. The molecule has 3 aromatic rings. The molecule has 3 heterocycles. The lowest BCUT2D eigenvalue weighted by molar-refractivity contribution is 0.0241. The molecular weight excluding hydrogens is 450 g/mol. The van der Waals surface area contributed by atoms with Gasteiger partial charge in [0.15, 0.2) is 0 Å². The number of amides is 1. The largest absolute Gasteiger partial charge is 0.465 e. The van der Waals surface area contributed by atoms with Crippen molar-refractivity contribution in [2.24, 2.45) is 0 Å². The quantitative estimate of drug-likeness (QED) is 0.545. The summed E-state index contributed by atoms with van der Waals surface area (Å²) >= 11 is 3.44. The van der Waals surface area contributed by atoms with Gasteiger partial charge < -0.3 is 14.4 Å². The lowest BCUT2D eigenvalue weighted by Crippen LogP contribution is -2.58. The van der Waals surface area contributed by atoms with Crippen molar-refractivity contribution in [3.05, 3.63) is 28.8 Å². The molecule has 0 atom stereocenters. The molecule has 0 saturated heterocycles. The van der Waals surface area contributed by atoms with E-state index in [9.17, 15) is 9.90 Å². The molecule has 0 aliphatic carbocycles. The third kappa shape index (κ3) is 4.27. The van der Waals surface area contributed by atoms with E-state index in [2.05, 4.69) is 25.9 Å². The zero-order valence-electron chi connectivity index (χ0n) is 18.2. The molecule has 0 fully saturated rings. The van der Waals surface area contributed by atoms with Crippen LogP contribution in [-0.2, 0) is 17.9 Å². The highest BCUT2D eigenvalue weighted by Crippen LogP contribution is 2.31. The molecule has 0 saturated carbocycles. The van der Waals surface area contributed by atoms with Gasteiger partial charge in [-0.2, -0.15) is 0 Å². The number of nitrogens with zero attached hydrogens (tertiary/aromatic N) is 5. The molecule has 0 unspecified atom stereocenters. The van der Waals surface area contributed by atoms with Crippen molar-refractivity contribution in [1.29, 1.82) is 0 Å². The molecule has 8 nitrogen and oxygen atoms in total. The van der Waals surface area contributed by atoms with Crippen molar-refractivity contribution in [3.63, 3.8) is 0 Å². The third-order valence-electron chi connectivity index (χ3n) is 4.91. The summed E-state index contributed by atoms with van der Waals surface area (Å²) < 4.78 is 8.51. The molecule has 3 aromatic heterocycles. The Balaban J connectivity index is 2.22. The maximum absolute atomic E-state index is 12.1. The number of rotatable bonds is 6. The van der Waals surface area contributed by atoms with E-state index < -0.39 is 17.2 Å². The SMILES string of the molecule is CCOCc1nc2cnc3cc(Br)cnc3c2n1CC(C)(C)N(C(=O)O)C(C)(C)C. The van der Waals surface area contributed by atoms with E-state index in [0.29, 0.717) is 25.3 Å². The van der Waals surface area contributed by atoms with Crippen molar-refractivity contribution in [3.8, 4) is 0 Å². The molecule has 9 heteroatoms. The summed E-state index contributed by atoms with van der Waals surface area (Å²) in [4.78, 5) is 27.4. The fourth-order valence-corrected chi connectivity index (χ4v) is 4.40. The molecule has 30 heavy (non-hydrogen) atoms. The van der Waals surface area contributed by atoms with Crippen LogP contribution in [0, 0.1) is 0 Å². The zero-order valence-corrected chi connectivity index (χ0v) is 19.8. The number of hydrogen-bond acceptors (Lipinski definition) is 5. The molecule has 0 aliphatic rings. The van der Waals surface area contributed by atoms with E-state index in [-0.39, 0.29) is 0 Å². The van der Waals surface area contributed by atoms with Crippen molar-refractivity contribution < 1.29 is 14.6 Å². The second-order valence-electron chi connectivity index (χ2n) is 8.87. The smallest absolute Gasteiger partial charge is 0.408 e. The monoisotopic (exact) mass is 477 g/mol. The fourth-order valence-electron chi connectivity index (χ4n) is 4.08. The van der Waals surface area contributed by atoms with Gasteiger partial charge in [-0.3, -0.25) is 14.9 Å². The summed E-state index contributed by atoms with van der Waals surface area (Å²) in [5.74, 6) is 0.721. The van der Waals surface area contributed by atoms with Crippen molar-refractivity contribution in [2.45, 2.75) is 65.8 Å². The molecule has 0 radical (unpaired) electrons. The van der Waals surface area contributed by atoms with Gasteiger partial charge in [0, 0.05) is 29.4 Å². The van der Waals surface area contributed by atoms with Gasteiger partial charge in [-0.05, 0) is 63.5 Å². The molecule has 1 amide bonds. The molecule has 0 bridgehead atoms. The average molecular weight is 478 g/mol. The standard InChI is InChI=1S/C21H28BrN5O3/c1-7-30-11-16-25-15-10-23-14-8-13(22)9-24-17(14)18(15)26(16)12-21(5,6)27(19(28)29)20(2,3)4/h8-10H,7,11-12H2,1-6H3,(H,28,29). The third-order valence-corrected chi connectivity index (χ3v) is 5.34. The molecule has 0 aromatic carbocycles. The Kier molecular flexibility index (Phi) is 6.06. The molecule has 162 valence electrons. The Bertz CT molecular complexity index is 1090. The van der Waals surface area contributed by atoms with Crippen LogP contribution >= 0.6 is 15.9 Å². The number of carbonyl (C=O) groups is 1. The minimum absolute atomic E-state index is 0.321. The second kappa shape index (κ2) is 8.11. The van der Waals surface area contributed by atoms with Crippen LogP contribution < -0.4 is 0 Å². The van der Waals surface area contributed by atoms with Gasteiger partial charge in [0.1, 0.15) is 23.5 Å². The number of carboxylic acid groups (broad SMARTS) is 1. The van der Waals surface area contributed by atoms with Crippen molar-refractivity contribution >= 4 is 44.1 Å².